The molecule has 2 aromatic rings. The van der Waals surface area contributed by atoms with E-state index in [-0.39, 0.29) is 25.0 Å². The molecule has 2 rings (SSSR count). The topological polar surface area (TPSA) is 58.6 Å². The summed E-state index contributed by atoms with van der Waals surface area (Å²) < 4.78 is 5.52. The molecule has 1 unspecified atom stereocenters. The van der Waals surface area contributed by atoms with Crippen molar-refractivity contribution in [3.8, 4) is 5.75 Å². The zero-order valence-electron chi connectivity index (χ0n) is 14.5. The van der Waals surface area contributed by atoms with Crippen LogP contribution in [0, 0.1) is 0 Å². The molecule has 0 bridgehead atoms. The zero-order valence-corrected chi connectivity index (χ0v) is 16.1. The lowest BCUT2D eigenvalue weighted by atomic mass is 10.1. The van der Waals surface area contributed by atoms with Crippen LogP contribution in [0.15, 0.2) is 48.5 Å². The van der Waals surface area contributed by atoms with Gasteiger partial charge < -0.3 is 15.0 Å². The minimum atomic E-state index is -0.642. The predicted molar refractivity (Wildman–Crippen MR) is 102 cm³/mol. The molecule has 0 aliphatic rings. The van der Waals surface area contributed by atoms with Crippen molar-refractivity contribution in [2.75, 3.05) is 13.7 Å². The Hall–Kier alpha value is -2.24. The van der Waals surface area contributed by atoms with E-state index in [1.807, 2.05) is 12.1 Å². The van der Waals surface area contributed by atoms with E-state index in [2.05, 4.69) is 5.32 Å². The number of rotatable bonds is 7. The Balaban J connectivity index is 2.10. The summed E-state index contributed by atoms with van der Waals surface area (Å²) in [5, 5.41) is 3.76. The van der Waals surface area contributed by atoms with Gasteiger partial charge in [-0.2, -0.15) is 0 Å². The normalized spacial score (nSPS) is 11.5. The van der Waals surface area contributed by atoms with Crippen molar-refractivity contribution < 1.29 is 14.3 Å². The van der Waals surface area contributed by atoms with Gasteiger partial charge >= 0.3 is 0 Å². The molecule has 26 heavy (non-hydrogen) atoms. The minimum absolute atomic E-state index is 0.184. The number of carbonyl (C=O) groups is 2. The lowest BCUT2D eigenvalue weighted by Crippen LogP contribution is -2.48. The molecule has 1 atom stereocenters. The minimum Gasteiger partial charge on any atom is -0.484 e. The van der Waals surface area contributed by atoms with Crippen molar-refractivity contribution in [3.05, 3.63) is 64.1 Å². The lowest BCUT2D eigenvalue weighted by Gasteiger charge is -2.28. The van der Waals surface area contributed by atoms with Gasteiger partial charge in [-0.25, -0.2) is 0 Å². The molecule has 0 saturated heterocycles. The van der Waals surface area contributed by atoms with Gasteiger partial charge in [-0.1, -0.05) is 35.3 Å². The number of carbonyl (C=O) groups excluding carboxylic acids is 2. The van der Waals surface area contributed by atoms with E-state index in [0.717, 1.165) is 5.56 Å². The summed E-state index contributed by atoms with van der Waals surface area (Å²) in [5.74, 6) is -0.0217. The van der Waals surface area contributed by atoms with Crippen molar-refractivity contribution in [2.45, 2.75) is 19.5 Å². The second-order valence-electron chi connectivity index (χ2n) is 5.68. The Morgan fingerprint density at radius 1 is 1.04 bits per heavy atom. The molecule has 5 nitrogen and oxygen atoms in total. The fourth-order valence-corrected chi connectivity index (χ4v) is 2.59. The molecule has 138 valence electrons. The van der Waals surface area contributed by atoms with Crippen LogP contribution < -0.4 is 10.1 Å². The Kier molecular flexibility index (Phi) is 7.30. The molecule has 2 amide bonds. The molecular formula is C19H20Cl2N2O3. The van der Waals surface area contributed by atoms with Crippen LogP contribution in [0.3, 0.4) is 0 Å². The quantitative estimate of drug-likeness (QED) is 0.780. The van der Waals surface area contributed by atoms with Crippen LogP contribution in [0.5, 0.6) is 5.75 Å². The summed E-state index contributed by atoms with van der Waals surface area (Å²) in [6, 6.07) is 13.2. The number of hydrogen-bond acceptors (Lipinski definition) is 3. The monoisotopic (exact) mass is 394 g/mol. The molecule has 7 heteroatoms. The first kappa shape index (κ1) is 20.1. The second-order valence-corrected chi connectivity index (χ2v) is 6.55. The average molecular weight is 395 g/mol. The first-order valence-electron chi connectivity index (χ1n) is 8.04. The smallest absolute Gasteiger partial charge is 0.261 e. The number of likely N-dealkylation sites (N-methyl/N-ethyl adjacent to an activating group) is 1. The van der Waals surface area contributed by atoms with Crippen molar-refractivity contribution in [2.24, 2.45) is 0 Å². The molecule has 0 saturated carbocycles. The summed E-state index contributed by atoms with van der Waals surface area (Å²) >= 11 is 11.7. The van der Waals surface area contributed by atoms with Crippen molar-refractivity contribution in [1.82, 2.24) is 10.2 Å². The molecule has 0 aliphatic carbocycles. The third-order valence-corrected chi connectivity index (χ3v) is 4.36. The molecule has 0 radical (unpaired) electrons. The first-order chi connectivity index (χ1) is 12.4. The van der Waals surface area contributed by atoms with Crippen LogP contribution in [0.4, 0.5) is 0 Å². The van der Waals surface area contributed by atoms with Crippen LogP contribution in [0.25, 0.3) is 0 Å². The maximum atomic E-state index is 12.7. The van der Waals surface area contributed by atoms with Gasteiger partial charge in [0.05, 0.1) is 0 Å². The summed E-state index contributed by atoms with van der Waals surface area (Å²) in [4.78, 5) is 26.2. The lowest BCUT2D eigenvalue weighted by molar-refractivity contribution is -0.142. The molecular weight excluding hydrogens is 375 g/mol. The molecule has 2 aromatic carbocycles. The van der Waals surface area contributed by atoms with Gasteiger partial charge in [0.25, 0.3) is 5.91 Å². The van der Waals surface area contributed by atoms with E-state index >= 15 is 0 Å². The van der Waals surface area contributed by atoms with Gasteiger partial charge in [-0.15, -0.1) is 0 Å². The SMILES string of the molecule is CNC(=O)C(C)N(Cc1ccc(Cl)cc1)C(=O)COc1ccc(Cl)cc1. The van der Waals surface area contributed by atoms with Crippen molar-refractivity contribution >= 4 is 35.0 Å². The van der Waals surface area contributed by atoms with Crippen LogP contribution in [-0.2, 0) is 16.1 Å². The fourth-order valence-electron chi connectivity index (χ4n) is 2.34. The highest BCUT2D eigenvalue weighted by Crippen LogP contribution is 2.17. The van der Waals surface area contributed by atoms with E-state index in [4.69, 9.17) is 27.9 Å². The molecule has 0 aliphatic heterocycles. The number of amides is 2. The summed E-state index contributed by atoms with van der Waals surface area (Å²) in [6.07, 6.45) is 0. The van der Waals surface area contributed by atoms with Gasteiger partial charge in [-0.05, 0) is 48.9 Å². The molecule has 0 spiro atoms. The first-order valence-corrected chi connectivity index (χ1v) is 8.80. The Morgan fingerprint density at radius 2 is 1.58 bits per heavy atom. The highest BCUT2D eigenvalue weighted by molar-refractivity contribution is 6.30. The number of halogens is 2. The highest BCUT2D eigenvalue weighted by Gasteiger charge is 2.25. The van der Waals surface area contributed by atoms with Gasteiger partial charge in [0.15, 0.2) is 6.61 Å². The van der Waals surface area contributed by atoms with Crippen LogP contribution in [-0.4, -0.2) is 36.4 Å². The van der Waals surface area contributed by atoms with Crippen LogP contribution in [0.1, 0.15) is 12.5 Å². The van der Waals surface area contributed by atoms with E-state index in [0.29, 0.717) is 15.8 Å². The van der Waals surface area contributed by atoms with Crippen LogP contribution >= 0.6 is 23.2 Å². The van der Waals surface area contributed by atoms with E-state index < -0.39 is 6.04 Å². The highest BCUT2D eigenvalue weighted by atomic mass is 35.5. The largest absolute Gasteiger partial charge is 0.484 e. The number of benzene rings is 2. The Bertz CT molecular complexity index is 748. The average Bonchev–Trinajstić information content (AvgIpc) is 2.65. The molecule has 0 aromatic heterocycles. The summed E-state index contributed by atoms with van der Waals surface area (Å²) in [7, 11) is 1.54. The maximum Gasteiger partial charge on any atom is 0.261 e. The van der Waals surface area contributed by atoms with E-state index in [1.165, 1.54) is 11.9 Å². The molecule has 0 fully saturated rings. The van der Waals surface area contributed by atoms with Gasteiger partial charge in [0.1, 0.15) is 11.8 Å². The predicted octanol–water partition coefficient (Wildman–Crippen LogP) is 3.54. The second kappa shape index (κ2) is 9.46. The zero-order chi connectivity index (χ0) is 19.1. The van der Waals surface area contributed by atoms with E-state index in [1.54, 1.807) is 43.3 Å². The summed E-state index contributed by atoms with van der Waals surface area (Å²) in [5.41, 5.74) is 0.866. The molecule has 1 N–H and O–H groups in total. The third-order valence-electron chi connectivity index (χ3n) is 3.86. The van der Waals surface area contributed by atoms with Gasteiger partial charge in [0, 0.05) is 23.6 Å². The number of nitrogens with zero attached hydrogens (tertiary/aromatic N) is 1. The fraction of sp³-hybridized carbons (Fsp3) is 0.263. The van der Waals surface area contributed by atoms with Crippen molar-refractivity contribution in [3.63, 3.8) is 0 Å². The maximum absolute atomic E-state index is 12.7. The standard InChI is InChI=1S/C19H20Cl2N2O3/c1-13(19(25)22-2)23(11-14-3-5-15(20)6-4-14)18(24)12-26-17-9-7-16(21)8-10-17/h3-10,13H,11-12H2,1-2H3,(H,22,25). The third kappa shape index (κ3) is 5.64. The van der Waals surface area contributed by atoms with Gasteiger partial charge in [-0.3, -0.25) is 9.59 Å². The van der Waals surface area contributed by atoms with E-state index in [9.17, 15) is 9.59 Å². The van der Waals surface area contributed by atoms with Crippen LogP contribution in [0.2, 0.25) is 10.0 Å². The number of ether oxygens (including phenoxy) is 1. The Labute approximate surface area is 162 Å². The molecule has 0 heterocycles. The van der Waals surface area contributed by atoms with Crippen molar-refractivity contribution in [1.29, 1.82) is 0 Å². The van der Waals surface area contributed by atoms with Gasteiger partial charge in [0.2, 0.25) is 5.91 Å². The summed E-state index contributed by atoms with van der Waals surface area (Å²) in [6.45, 7) is 1.76. The number of nitrogens with one attached hydrogen (secondary N) is 1. The Morgan fingerprint density at radius 3 is 2.12 bits per heavy atom. The number of hydrogen-bond donors (Lipinski definition) is 1.